The molecule has 3 aromatic rings. The number of pyridine rings is 1. The highest BCUT2D eigenvalue weighted by atomic mass is 35.5. The van der Waals surface area contributed by atoms with E-state index < -0.39 is 39.8 Å². The van der Waals surface area contributed by atoms with Crippen LogP contribution in [0.4, 0.5) is 5.69 Å². The van der Waals surface area contributed by atoms with Gasteiger partial charge in [0.15, 0.2) is 0 Å². The van der Waals surface area contributed by atoms with E-state index in [-0.39, 0.29) is 31.2 Å². The molecule has 2 aromatic carbocycles. The Labute approximate surface area is 248 Å². The quantitative estimate of drug-likeness (QED) is 0.292. The maximum Gasteiger partial charge on any atom is 0.361 e. The maximum absolute atomic E-state index is 13.9. The lowest BCUT2D eigenvalue weighted by molar-refractivity contribution is -0.207. The lowest BCUT2D eigenvalue weighted by atomic mass is 9.91. The fourth-order valence-corrected chi connectivity index (χ4v) is 7.63. The van der Waals surface area contributed by atoms with Gasteiger partial charge in [0.25, 0.3) is 5.72 Å². The first-order chi connectivity index (χ1) is 20.2. The highest BCUT2D eigenvalue weighted by molar-refractivity contribution is 7.89. The Hall–Kier alpha value is -3.29. The fraction of sp³-hybridized carbons (Fsp3) is 0.414. The fourth-order valence-electron chi connectivity index (χ4n) is 6.01. The number of carbonyl (C=O) groups is 2. The van der Waals surface area contributed by atoms with Crippen LogP contribution in [-0.2, 0) is 33.8 Å². The van der Waals surface area contributed by atoms with Gasteiger partial charge >= 0.3 is 5.97 Å². The van der Waals surface area contributed by atoms with Gasteiger partial charge < -0.3 is 19.1 Å². The number of piperazine rings is 1. The number of carbonyl (C=O) groups excluding carboxylic acids is 2. The van der Waals surface area contributed by atoms with Gasteiger partial charge in [-0.05, 0) is 60.0 Å². The summed E-state index contributed by atoms with van der Waals surface area (Å²) < 4.78 is 46.0. The smallest absolute Gasteiger partial charge is 0.361 e. The summed E-state index contributed by atoms with van der Waals surface area (Å²) in [6, 6.07) is 13.7. The number of nitrogens with zero attached hydrogens (tertiary/aromatic N) is 4. The summed E-state index contributed by atoms with van der Waals surface area (Å²) in [6.07, 6.45) is 4.53. The van der Waals surface area contributed by atoms with Crippen LogP contribution in [0.3, 0.4) is 0 Å². The van der Waals surface area contributed by atoms with Crippen LogP contribution in [-0.4, -0.2) is 98.9 Å². The molecule has 1 aromatic heterocycles. The number of hydrogen-bond donors (Lipinski definition) is 0. The number of sulfonamides is 1. The van der Waals surface area contributed by atoms with Crippen LogP contribution >= 0.6 is 11.6 Å². The Morgan fingerprint density at radius 1 is 1.02 bits per heavy atom. The minimum Gasteiger partial charge on any atom is -0.460 e. The van der Waals surface area contributed by atoms with E-state index in [1.807, 2.05) is 12.1 Å². The number of methoxy groups -OCH3 is 1. The number of aromatic nitrogens is 1. The number of anilines is 1. The van der Waals surface area contributed by atoms with Crippen molar-refractivity contribution in [1.29, 1.82) is 0 Å². The summed E-state index contributed by atoms with van der Waals surface area (Å²) in [5.41, 5.74) is -1.73. The van der Waals surface area contributed by atoms with Crippen molar-refractivity contribution in [2.24, 2.45) is 0 Å². The van der Waals surface area contributed by atoms with Gasteiger partial charge in [-0.3, -0.25) is 14.7 Å². The van der Waals surface area contributed by atoms with E-state index in [0.717, 1.165) is 15.4 Å². The van der Waals surface area contributed by atoms with Gasteiger partial charge in [-0.2, -0.15) is 4.31 Å². The number of amides is 1. The molecule has 0 N–H and O–H groups in total. The summed E-state index contributed by atoms with van der Waals surface area (Å²) in [7, 11) is -2.71. The molecule has 0 bridgehead atoms. The highest BCUT2D eigenvalue weighted by Gasteiger charge is 2.65. The van der Waals surface area contributed by atoms with Gasteiger partial charge in [-0.25, -0.2) is 13.2 Å². The molecule has 42 heavy (non-hydrogen) atoms. The van der Waals surface area contributed by atoms with Crippen LogP contribution in [0.15, 0.2) is 65.8 Å². The third-order valence-electron chi connectivity index (χ3n) is 8.22. The van der Waals surface area contributed by atoms with E-state index in [4.69, 9.17) is 25.8 Å². The van der Waals surface area contributed by atoms with Crippen LogP contribution in [0, 0.1) is 0 Å². The molecular formula is C29H31ClN4O7S. The van der Waals surface area contributed by atoms with Crippen molar-refractivity contribution >= 4 is 50.0 Å². The molecular weight excluding hydrogens is 584 g/mol. The minimum absolute atomic E-state index is 0.000146. The molecule has 1 atom stereocenters. The second-order valence-corrected chi connectivity index (χ2v) is 13.2. The molecule has 3 fully saturated rings. The maximum atomic E-state index is 13.9. The number of ether oxygens (including phenoxy) is 3. The van der Waals surface area contributed by atoms with Gasteiger partial charge in [-0.15, -0.1) is 0 Å². The summed E-state index contributed by atoms with van der Waals surface area (Å²) in [5.74, 6) is -1.33. The largest absolute Gasteiger partial charge is 0.460 e. The van der Waals surface area contributed by atoms with Crippen LogP contribution in [0.5, 0.6) is 0 Å². The Bertz CT molecular complexity index is 1610. The van der Waals surface area contributed by atoms with Crippen molar-refractivity contribution in [3.8, 4) is 0 Å². The Morgan fingerprint density at radius 2 is 1.74 bits per heavy atom. The normalized spacial score (nSPS) is 22.5. The van der Waals surface area contributed by atoms with E-state index in [9.17, 15) is 18.0 Å². The third-order valence-corrected chi connectivity index (χ3v) is 10.2. The molecule has 0 saturated carbocycles. The second-order valence-electron chi connectivity index (χ2n) is 10.8. The predicted octanol–water partition coefficient (Wildman–Crippen LogP) is 2.68. The number of fused-ring (bicyclic) bond motifs is 2. The van der Waals surface area contributed by atoms with Crippen LogP contribution in [0.2, 0.25) is 5.02 Å². The summed E-state index contributed by atoms with van der Waals surface area (Å²) in [4.78, 5) is 35.0. The Morgan fingerprint density at radius 3 is 2.48 bits per heavy atom. The first-order valence-corrected chi connectivity index (χ1v) is 15.5. The van der Waals surface area contributed by atoms with Gasteiger partial charge in [0.2, 0.25) is 15.9 Å². The molecule has 3 aliphatic rings. The van der Waals surface area contributed by atoms with Gasteiger partial charge in [0.1, 0.15) is 6.61 Å². The molecule has 1 spiro atoms. The number of halogens is 1. The number of hydrogen-bond acceptors (Lipinski definition) is 9. The van der Waals surface area contributed by atoms with Gasteiger partial charge in [0, 0.05) is 43.3 Å². The van der Waals surface area contributed by atoms with Crippen molar-refractivity contribution in [1.82, 2.24) is 14.2 Å². The number of esters is 1. The molecule has 222 valence electrons. The molecule has 0 aliphatic carbocycles. The topological polar surface area (TPSA) is 119 Å². The summed E-state index contributed by atoms with van der Waals surface area (Å²) >= 11 is 6.09. The minimum atomic E-state index is -4.19. The average molecular weight is 615 g/mol. The summed E-state index contributed by atoms with van der Waals surface area (Å²) in [6.45, 7) is 0.697. The molecule has 1 amide bonds. The molecule has 3 aliphatic heterocycles. The van der Waals surface area contributed by atoms with E-state index in [1.54, 1.807) is 36.7 Å². The second kappa shape index (κ2) is 11.1. The van der Waals surface area contributed by atoms with Crippen molar-refractivity contribution in [2.75, 3.05) is 57.9 Å². The average Bonchev–Trinajstić information content (AvgIpc) is 3.33. The molecule has 4 heterocycles. The SMILES string of the molecule is COCCOC(=O)C12CN(S(=O)(=O)c3ccc4cc(Cl)ccc4c3)CC(=O)N1CC1(CCN(c3ccncc3)CC1)O2. The van der Waals surface area contributed by atoms with Crippen LogP contribution in [0.25, 0.3) is 10.8 Å². The first kappa shape index (κ1) is 28.8. The van der Waals surface area contributed by atoms with E-state index in [2.05, 4.69) is 9.88 Å². The van der Waals surface area contributed by atoms with Gasteiger partial charge in [0.05, 0.1) is 36.7 Å². The standard InChI is InChI=1S/C29H31ClN4O7S/c1-39-14-15-40-27(36)29-20-33(42(37,38)25-5-3-21-16-23(30)4-2-22(21)17-25)18-26(35)34(29)19-28(41-29)8-12-32(13-9-28)24-6-10-31-11-7-24/h2-7,10-11,16-17H,8-9,12-15,18-20H2,1H3. The number of benzene rings is 2. The third kappa shape index (κ3) is 5.11. The first-order valence-electron chi connectivity index (χ1n) is 13.7. The van der Waals surface area contributed by atoms with Crippen molar-refractivity contribution in [3.63, 3.8) is 0 Å². The molecule has 0 radical (unpaired) electrons. The Balaban J connectivity index is 1.30. The van der Waals surface area contributed by atoms with Crippen molar-refractivity contribution in [3.05, 3.63) is 65.9 Å². The summed E-state index contributed by atoms with van der Waals surface area (Å²) in [5, 5.41) is 1.99. The molecule has 11 nitrogen and oxygen atoms in total. The van der Waals surface area contributed by atoms with Crippen LogP contribution in [0.1, 0.15) is 12.8 Å². The van der Waals surface area contributed by atoms with Crippen molar-refractivity contribution < 1.29 is 32.2 Å². The molecule has 3 saturated heterocycles. The van der Waals surface area contributed by atoms with Crippen LogP contribution < -0.4 is 4.90 Å². The molecule has 6 rings (SSSR count). The number of piperidine rings is 1. The monoisotopic (exact) mass is 614 g/mol. The van der Waals surface area contributed by atoms with Crippen molar-refractivity contribution in [2.45, 2.75) is 29.1 Å². The van der Waals surface area contributed by atoms with E-state index in [0.29, 0.717) is 36.3 Å². The zero-order chi connectivity index (χ0) is 29.5. The lowest BCUT2D eigenvalue weighted by Crippen LogP contribution is -2.67. The highest BCUT2D eigenvalue weighted by Crippen LogP contribution is 2.45. The number of rotatable bonds is 7. The Kier molecular flexibility index (Phi) is 7.60. The van der Waals surface area contributed by atoms with E-state index in [1.165, 1.54) is 24.1 Å². The zero-order valence-electron chi connectivity index (χ0n) is 23.1. The van der Waals surface area contributed by atoms with E-state index >= 15 is 0 Å². The van der Waals surface area contributed by atoms with Gasteiger partial charge in [-0.1, -0.05) is 23.7 Å². The lowest BCUT2D eigenvalue weighted by Gasteiger charge is -2.43. The molecule has 1 unspecified atom stereocenters. The predicted molar refractivity (Wildman–Crippen MR) is 154 cm³/mol. The zero-order valence-corrected chi connectivity index (χ0v) is 24.6. The molecule has 13 heteroatoms.